The lowest BCUT2D eigenvalue weighted by atomic mass is 10.0. The van der Waals surface area contributed by atoms with Crippen molar-refractivity contribution in [2.75, 3.05) is 19.0 Å². The fraction of sp³-hybridized carbons (Fsp3) is 0.333. The molecule has 0 aromatic heterocycles. The molecule has 1 heteroatoms. The number of benzene rings is 2. The van der Waals surface area contributed by atoms with Gasteiger partial charge in [0.2, 0.25) is 0 Å². The average Bonchev–Trinajstić information content (AvgIpc) is 2.45. The van der Waals surface area contributed by atoms with Gasteiger partial charge in [-0.1, -0.05) is 42.5 Å². The van der Waals surface area contributed by atoms with Gasteiger partial charge < -0.3 is 4.90 Å². The number of anilines is 1. The summed E-state index contributed by atoms with van der Waals surface area (Å²) in [5.74, 6) is 0. The summed E-state index contributed by atoms with van der Waals surface area (Å²) in [4.78, 5) is 2.14. The van der Waals surface area contributed by atoms with E-state index in [9.17, 15) is 0 Å². The third-order valence-corrected chi connectivity index (χ3v) is 3.48. The van der Waals surface area contributed by atoms with Gasteiger partial charge in [-0.3, -0.25) is 0 Å². The number of aryl methyl sites for hydroxylation is 2. The summed E-state index contributed by atoms with van der Waals surface area (Å²) in [6.45, 7) is 0. The van der Waals surface area contributed by atoms with E-state index < -0.39 is 0 Å². The lowest BCUT2D eigenvalue weighted by molar-refractivity contribution is 0.734. The Morgan fingerprint density at radius 1 is 0.684 bits per heavy atom. The maximum Gasteiger partial charge on any atom is 0.0361 e. The highest BCUT2D eigenvalue weighted by molar-refractivity contribution is 5.45. The molecule has 100 valence electrons. The van der Waals surface area contributed by atoms with Gasteiger partial charge in [0.1, 0.15) is 0 Å². The largest absolute Gasteiger partial charge is 0.378 e. The first-order valence-electron chi connectivity index (χ1n) is 7.06. The SMILES string of the molecule is CN(C)c1ccc(CCCCc2ccccc2)cc1. The first-order chi connectivity index (χ1) is 9.25. The van der Waals surface area contributed by atoms with E-state index in [4.69, 9.17) is 0 Å². The maximum atomic E-state index is 2.25. The second-order valence-corrected chi connectivity index (χ2v) is 5.25. The molecule has 2 aromatic carbocycles. The van der Waals surface area contributed by atoms with E-state index in [1.54, 1.807) is 0 Å². The Balaban J connectivity index is 1.74. The molecule has 0 radical (unpaired) electrons. The first kappa shape index (κ1) is 13.7. The van der Waals surface area contributed by atoms with Crippen LogP contribution in [0.25, 0.3) is 0 Å². The van der Waals surface area contributed by atoms with Gasteiger partial charge in [0.05, 0.1) is 0 Å². The molecule has 0 bridgehead atoms. The highest BCUT2D eigenvalue weighted by Gasteiger charge is 1.97. The number of rotatable bonds is 6. The molecule has 0 aliphatic carbocycles. The van der Waals surface area contributed by atoms with Crippen molar-refractivity contribution in [1.29, 1.82) is 0 Å². The zero-order chi connectivity index (χ0) is 13.5. The molecule has 0 N–H and O–H groups in total. The smallest absolute Gasteiger partial charge is 0.0361 e. The molecule has 0 spiro atoms. The summed E-state index contributed by atoms with van der Waals surface area (Å²) in [5.41, 5.74) is 4.16. The summed E-state index contributed by atoms with van der Waals surface area (Å²) in [6, 6.07) is 19.6. The van der Waals surface area contributed by atoms with Gasteiger partial charge in [-0.05, 0) is 48.9 Å². The summed E-state index contributed by atoms with van der Waals surface area (Å²) in [6.07, 6.45) is 4.90. The Bertz CT molecular complexity index is 471. The van der Waals surface area contributed by atoms with Crippen LogP contribution in [0.4, 0.5) is 5.69 Å². The summed E-state index contributed by atoms with van der Waals surface area (Å²) < 4.78 is 0. The molecule has 19 heavy (non-hydrogen) atoms. The minimum Gasteiger partial charge on any atom is -0.378 e. The van der Waals surface area contributed by atoms with Gasteiger partial charge >= 0.3 is 0 Å². The molecule has 1 nitrogen and oxygen atoms in total. The normalized spacial score (nSPS) is 10.4. The lowest BCUT2D eigenvalue weighted by Gasteiger charge is -2.12. The van der Waals surface area contributed by atoms with Crippen molar-refractivity contribution >= 4 is 5.69 Å². The number of nitrogens with zero attached hydrogens (tertiary/aromatic N) is 1. The molecule has 0 unspecified atom stereocenters. The van der Waals surface area contributed by atoms with E-state index in [1.807, 2.05) is 0 Å². The van der Waals surface area contributed by atoms with E-state index in [2.05, 4.69) is 73.6 Å². The molecule has 2 aromatic rings. The van der Waals surface area contributed by atoms with Crippen LogP contribution in [0.15, 0.2) is 54.6 Å². The van der Waals surface area contributed by atoms with Gasteiger partial charge in [0, 0.05) is 19.8 Å². The van der Waals surface area contributed by atoms with Crippen molar-refractivity contribution in [3.8, 4) is 0 Å². The Kier molecular flexibility index (Phi) is 5.02. The Morgan fingerprint density at radius 2 is 1.21 bits per heavy atom. The van der Waals surface area contributed by atoms with Crippen molar-refractivity contribution in [1.82, 2.24) is 0 Å². The molecule has 2 rings (SSSR count). The standard InChI is InChI=1S/C18H23N/c1-19(2)18-14-12-17(13-15-18)11-7-6-10-16-8-4-3-5-9-16/h3-5,8-9,12-15H,6-7,10-11H2,1-2H3. The van der Waals surface area contributed by atoms with Gasteiger partial charge in [0.25, 0.3) is 0 Å². The van der Waals surface area contributed by atoms with Gasteiger partial charge in [0.15, 0.2) is 0 Å². The van der Waals surface area contributed by atoms with Crippen molar-refractivity contribution in [2.45, 2.75) is 25.7 Å². The van der Waals surface area contributed by atoms with E-state index in [-0.39, 0.29) is 0 Å². The van der Waals surface area contributed by atoms with Crippen molar-refractivity contribution in [2.24, 2.45) is 0 Å². The van der Waals surface area contributed by atoms with Crippen molar-refractivity contribution in [3.63, 3.8) is 0 Å². The minimum absolute atomic E-state index is 1.18. The predicted molar refractivity (Wildman–Crippen MR) is 83.9 cm³/mol. The molecule has 0 amide bonds. The summed E-state index contributed by atoms with van der Waals surface area (Å²) in [5, 5.41) is 0. The second kappa shape index (κ2) is 6.98. The van der Waals surface area contributed by atoms with Crippen LogP contribution in [-0.2, 0) is 12.8 Å². The molecule has 0 atom stereocenters. The van der Waals surface area contributed by atoms with Gasteiger partial charge in [-0.15, -0.1) is 0 Å². The first-order valence-corrected chi connectivity index (χ1v) is 7.06. The van der Waals surface area contributed by atoms with Crippen LogP contribution in [-0.4, -0.2) is 14.1 Å². The number of unbranched alkanes of at least 4 members (excludes halogenated alkanes) is 1. The number of hydrogen-bond donors (Lipinski definition) is 0. The lowest BCUT2D eigenvalue weighted by Crippen LogP contribution is -2.08. The molecular weight excluding hydrogens is 230 g/mol. The van der Waals surface area contributed by atoms with E-state index >= 15 is 0 Å². The monoisotopic (exact) mass is 253 g/mol. The third-order valence-electron chi connectivity index (χ3n) is 3.48. The van der Waals surface area contributed by atoms with E-state index in [0.29, 0.717) is 0 Å². The fourth-order valence-corrected chi connectivity index (χ4v) is 2.26. The van der Waals surface area contributed by atoms with Crippen molar-refractivity contribution in [3.05, 3.63) is 65.7 Å². The van der Waals surface area contributed by atoms with Crippen molar-refractivity contribution < 1.29 is 0 Å². The molecule has 0 saturated carbocycles. The van der Waals surface area contributed by atoms with Gasteiger partial charge in [-0.2, -0.15) is 0 Å². The highest BCUT2D eigenvalue weighted by Crippen LogP contribution is 2.14. The Labute approximate surface area is 116 Å². The van der Waals surface area contributed by atoms with Crippen LogP contribution in [0.1, 0.15) is 24.0 Å². The quantitative estimate of drug-likeness (QED) is 0.693. The van der Waals surface area contributed by atoms with Crippen LogP contribution < -0.4 is 4.90 Å². The van der Waals surface area contributed by atoms with Crippen LogP contribution in [0.2, 0.25) is 0 Å². The maximum absolute atomic E-state index is 2.25. The average molecular weight is 253 g/mol. The van der Waals surface area contributed by atoms with Crippen LogP contribution >= 0.6 is 0 Å². The van der Waals surface area contributed by atoms with Crippen LogP contribution in [0.3, 0.4) is 0 Å². The topological polar surface area (TPSA) is 3.24 Å². The molecular formula is C18H23N. The van der Waals surface area contributed by atoms with Crippen LogP contribution in [0.5, 0.6) is 0 Å². The summed E-state index contributed by atoms with van der Waals surface area (Å²) in [7, 11) is 4.16. The zero-order valence-electron chi connectivity index (χ0n) is 12.0. The summed E-state index contributed by atoms with van der Waals surface area (Å²) >= 11 is 0. The Morgan fingerprint density at radius 3 is 1.74 bits per heavy atom. The second-order valence-electron chi connectivity index (χ2n) is 5.25. The highest BCUT2D eigenvalue weighted by atomic mass is 15.1. The molecule has 0 fully saturated rings. The van der Waals surface area contributed by atoms with E-state index in [1.165, 1.54) is 42.5 Å². The van der Waals surface area contributed by atoms with Crippen LogP contribution in [0, 0.1) is 0 Å². The van der Waals surface area contributed by atoms with E-state index in [0.717, 1.165) is 0 Å². The molecule has 0 heterocycles. The number of hydrogen-bond acceptors (Lipinski definition) is 1. The third kappa shape index (κ3) is 4.44. The molecule has 0 aliphatic heterocycles. The fourth-order valence-electron chi connectivity index (χ4n) is 2.26. The Hall–Kier alpha value is -1.76. The minimum atomic E-state index is 1.18. The predicted octanol–water partition coefficient (Wildman–Crippen LogP) is 4.32. The van der Waals surface area contributed by atoms with Gasteiger partial charge in [-0.25, -0.2) is 0 Å². The zero-order valence-corrected chi connectivity index (χ0v) is 12.0. The molecule has 0 saturated heterocycles. The molecule has 0 aliphatic rings.